The Kier molecular flexibility index (Phi) is 5.49. The fourth-order valence-electron chi connectivity index (χ4n) is 2.47. The Morgan fingerprint density at radius 2 is 1.75 bits per heavy atom. The van der Waals surface area contributed by atoms with E-state index < -0.39 is 17.6 Å². The molecule has 0 fully saturated rings. The monoisotopic (exact) mass is 387 g/mol. The molecule has 5 nitrogen and oxygen atoms in total. The van der Waals surface area contributed by atoms with Crippen LogP contribution in [0.3, 0.4) is 0 Å². The van der Waals surface area contributed by atoms with Crippen LogP contribution in [-0.4, -0.2) is 18.0 Å². The minimum absolute atomic E-state index is 0.0546. The second-order valence-electron chi connectivity index (χ2n) is 5.82. The average molecular weight is 387 g/mol. The molecule has 0 saturated heterocycles. The van der Waals surface area contributed by atoms with Crippen molar-refractivity contribution < 1.29 is 22.7 Å². The first-order chi connectivity index (χ1) is 13.3. The molecule has 0 saturated carbocycles. The lowest BCUT2D eigenvalue weighted by atomic mass is 10.2. The molecule has 0 bridgehead atoms. The van der Waals surface area contributed by atoms with Gasteiger partial charge in [-0.1, -0.05) is 12.1 Å². The zero-order valence-corrected chi connectivity index (χ0v) is 14.7. The number of benzene rings is 2. The van der Waals surface area contributed by atoms with Crippen LogP contribution < -0.4 is 15.4 Å². The number of hydrogen-bond acceptors (Lipinski definition) is 4. The van der Waals surface area contributed by atoms with Crippen molar-refractivity contribution in [3.63, 3.8) is 0 Å². The van der Waals surface area contributed by atoms with Gasteiger partial charge >= 0.3 is 6.18 Å². The molecule has 1 aromatic heterocycles. The van der Waals surface area contributed by atoms with Crippen molar-refractivity contribution in [3.05, 3.63) is 78.0 Å². The fourth-order valence-corrected chi connectivity index (χ4v) is 2.47. The summed E-state index contributed by atoms with van der Waals surface area (Å²) >= 11 is 0. The van der Waals surface area contributed by atoms with Gasteiger partial charge in [-0.3, -0.25) is 4.79 Å². The molecule has 1 amide bonds. The van der Waals surface area contributed by atoms with E-state index in [2.05, 4.69) is 15.6 Å². The predicted octanol–water partition coefficient (Wildman–Crippen LogP) is 5.10. The number of nitrogens with one attached hydrogen (secondary N) is 2. The van der Waals surface area contributed by atoms with Crippen LogP contribution in [0.25, 0.3) is 0 Å². The van der Waals surface area contributed by atoms with Crippen molar-refractivity contribution >= 4 is 23.1 Å². The molecule has 8 heteroatoms. The number of anilines is 3. The highest BCUT2D eigenvalue weighted by Gasteiger charge is 2.30. The van der Waals surface area contributed by atoms with Gasteiger partial charge < -0.3 is 15.4 Å². The minimum Gasteiger partial charge on any atom is -0.497 e. The first-order valence-corrected chi connectivity index (χ1v) is 8.21. The summed E-state index contributed by atoms with van der Waals surface area (Å²) in [6.07, 6.45) is -3.05. The summed E-state index contributed by atoms with van der Waals surface area (Å²) in [6.45, 7) is 0. The number of halogens is 3. The van der Waals surface area contributed by atoms with E-state index in [1.165, 1.54) is 30.5 Å². The van der Waals surface area contributed by atoms with Gasteiger partial charge in [0.1, 0.15) is 11.6 Å². The normalized spacial score (nSPS) is 11.0. The lowest BCUT2D eigenvalue weighted by molar-refractivity contribution is -0.137. The highest BCUT2D eigenvalue weighted by Crippen LogP contribution is 2.30. The van der Waals surface area contributed by atoms with Gasteiger partial charge in [-0.2, -0.15) is 13.2 Å². The van der Waals surface area contributed by atoms with Crippen LogP contribution in [0.4, 0.5) is 30.4 Å². The smallest absolute Gasteiger partial charge is 0.416 e. The van der Waals surface area contributed by atoms with E-state index in [1.54, 1.807) is 31.4 Å². The van der Waals surface area contributed by atoms with Crippen LogP contribution in [0.15, 0.2) is 66.9 Å². The van der Waals surface area contributed by atoms with Gasteiger partial charge in [0.15, 0.2) is 0 Å². The highest BCUT2D eigenvalue weighted by molar-refractivity contribution is 6.04. The SMILES string of the molecule is COc1cccc(Nc2cc(C(=O)Nc3cccc(C(F)(F)F)c3)ccn2)c1. The van der Waals surface area contributed by atoms with E-state index in [-0.39, 0.29) is 11.3 Å². The van der Waals surface area contributed by atoms with Crippen LogP contribution in [0, 0.1) is 0 Å². The Bertz CT molecular complexity index is 990. The number of hydrogen-bond donors (Lipinski definition) is 2. The summed E-state index contributed by atoms with van der Waals surface area (Å²) in [5.41, 5.74) is 0.180. The molecule has 0 radical (unpaired) electrons. The molecule has 144 valence electrons. The Morgan fingerprint density at radius 1 is 1.00 bits per heavy atom. The number of alkyl halides is 3. The molecule has 1 heterocycles. The molecular formula is C20H16F3N3O2. The number of carbonyl (C=O) groups excluding carboxylic acids is 1. The molecule has 28 heavy (non-hydrogen) atoms. The summed E-state index contributed by atoms with van der Waals surface area (Å²) in [5.74, 6) is 0.517. The van der Waals surface area contributed by atoms with Crippen molar-refractivity contribution in [1.82, 2.24) is 4.98 Å². The fraction of sp³-hybridized carbons (Fsp3) is 0.100. The number of nitrogens with zero attached hydrogens (tertiary/aromatic N) is 1. The topological polar surface area (TPSA) is 63.2 Å². The lowest BCUT2D eigenvalue weighted by Gasteiger charge is -2.11. The third-order valence-corrected chi connectivity index (χ3v) is 3.81. The maximum absolute atomic E-state index is 12.8. The zero-order chi connectivity index (χ0) is 20.1. The van der Waals surface area contributed by atoms with Gasteiger partial charge in [-0.25, -0.2) is 4.98 Å². The molecule has 0 unspecified atom stereocenters. The van der Waals surface area contributed by atoms with E-state index >= 15 is 0 Å². The standard InChI is InChI=1S/C20H16F3N3O2/c1-28-17-7-3-6-16(12-17)25-18-10-13(8-9-24-18)19(27)26-15-5-2-4-14(11-15)20(21,22)23/h2-12H,1H3,(H,24,25)(H,26,27). The van der Waals surface area contributed by atoms with Crippen LogP contribution in [0.5, 0.6) is 5.75 Å². The van der Waals surface area contributed by atoms with Crippen molar-refractivity contribution in [1.29, 1.82) is 0 Å². The molecule has 0 aliphatic heterocycles. The summed E-state index contributed by atoms with van der Waals surface area (Å²) in [4.78, 5) is 16.6. The van der Waals surface area contributed by atoms with Crippen LogP contribution >= 0.6 is 0 Å². The third kappa shape index (κ3) is 4.79. The van der Waals surface area contributed by atoms with Crippen molar-refractivity contribution in [2.45, 2.75) is 6.18 Å². The Balaban J connectivity index is 1.75. The molecule has 2 aromatic carbocycles. The third-order valence-electron chi connectivity index (χ3n) is 3.81. The van der Waals surface area contributed by atoms with E-state index in [0.717, 1.165) is 12.1 Å². The van der Waals surface area contributed by atoms with Gasteiger partial charge in [-0.15, -0.1) is 0 Å². The van der Waals surface area contributed by atoms with Crippen LogP contribution in [-0.2, 0) is 6.18 Å². The number of aromatic nitrogens is 1. The largest absolute Gasteiger partial charge is 0.497 e. The summed E-state index contributed by atoms with van der Waals surface area (Å²) in [7, 11) is 1.55. The van der Waals surface area contributed by atoms with E-state index in [4.69, 9.17) is 4.74 Å². The summed E-state index contributed by atoms with van der Waals surface area (Å²) in [6, 6.07) is 14.6. The first-order valence-electron chi connectivity index (χ1n) is 8.21. The van der Waals surface area contributed by atoms with Crippen LogP contribution in [0.1, 0.15) is 15.9 Å². The molecule has 3 rings (SSSR count). The Hall–Kier alpha value is -3.55. The van der Waals surface area contributed by atoms with Crippen molar-refractivity contribution in [2.75, 3.05) is 17.7 Å². The number of rotatable bonds is 5. The number of ether oxygens (including phenoxy) is 1. The van der Waals surface area contributed by atoms with Crippen molar-refractivity contribution in [2.24, 2.45) is 0 Å². The Morgan fingerprint density at radius 3 is 2.50 bits per heavy atom. The maximum atomic E-state index is 12.8. The lowest BCUT2D eigenvalue weighted by Crippen LogP contribution is -2.13. The predicted molar refractivity (Wildman–Crippen MR) is 99.9 cm³/mol. The van der Waals surface area contributed by atoms with E-state index in [0.29, 0.717) is 17.3 Å². The number of amides is 1. The molecule has 2 N–H and O–H groups in total. The summed E-state index contributed by atoms with van der Waals surface area (Å²) in [5, 5.41) is 5.51. The minimum atomic E-state index is -4.48. The number of methoxy groups -OCH3 is 1. The second kappa shape index (κ2) is 7.99. The quantitative estimate of drug-likeness (QED) is 0.639. The summed E-state index contributed by atoms with van der Waals surface area (Å²) < 4.78 is 43.6. The van der Waals surface area contributed by atoms with Gasteiger partial charge in [0.2, 0.25) is 0 Å². The highest BCUT2D eigenvalue weighted by atomic mass is 19.4. The van der Waals surface area contributed by atoms with Gasteiger partial charge in [0, 0.05) is 29.2 Å². The number of carbonyl (C=O) groups is 1. The molecule has 0 atom stereocenters. The molecule has 3 aromatic rings. The number of pyridine rings is 1. The molecule has 0 aliphatic carbocycles. The van der Waals surface area contributed by atoms with E-state index in [1.807, 2.05) is 0 Å². The van der Waals surface area contributed by atoms with Gasteiger partial charge in [0.25, 0.3) is 5.91 Å². The van der Waals surface area contributed by atoms with Crippen LogP contribution in [0.2, 0.25) is 0 Å². The molecular weight excluding hydrogens is 371 g/mol. The Labute approximate surface area is 159 Å². The second-order valence-corrected chi connectivity index (χ2v) is 5.82. The average Bonchev–Trinajstić information content (AvgIpc) is 2.68. The zero-order valence-electron chi connectivity index (χ0n) is 14.7. The van der Waals surface area contributed by atoms with Crippen molar-refractivity contribution in [3.8, 4) is 5.75 Å². The van der Waals surface area contributed by atoms with Gasteiger partial charge in [-0.05, 0) is 42.5 Å². The van der Waals surface area contributed by atoms with Gasteiger partial charge in [0.05, 0.1) is 12.7 Å². The first kappa shape index (κ1) is 19.2. The van der Waals surface area contributed by atoms with E-state index in [9.17, 15) is 18.0 Å². The maximum Gasteiger partial charge on any atom is 0.416 e. The molecule has 0 spiro atoms. The molecule has 0 aliphatic rings.